The van der Waals surface area contributed by atoms with E-state index in [1.54, 1.807) is 30.5 Å². The first kappa shape index (κ1) is 19.8. The molecule has 10 heteroatoms. The number of hydrogen-bond donors (Lipinski definition) is 2. The third-order valence-electron chi connectivity index (χ3n) is 5.13. The number of nitrogens with two attached hydrogens (primary N) is 1. The number of benzene rings is 1. The summed E-state index contributed by atoms with van der Waals surface area (Å²) in [5.41, 5.74) is 7.46. The maximum absolute atomic E-state index is 12.6. The lowest BCUT2D eigenvalue weighted by Crippen LogP contribution is -2.38. The molecule has 31 heavy (non-hydrogen) atoms. The van der Waals surface area contributed by atoms with Crippen molar-refractivity contribution >= 4 is 45.1 Å². The van der Waals surface area contributed by atoms with E-state index in [0.717, 1.165) is 15.6 Å². The number of amides is 1. The fourth-order valence-electron chi connectivity index (χ4n) is 3.75. The molecule has 0 saturated heterocycles. The summed E-state index contributed by atoms with van der Waals surface area (Å²) in [6, 6.07) is 10.5. The minimum Gasteiger partial charge on any atom is -0.465 e. The molecule has 8 nitrogen and oxygen atoms in total. The van der Waals surface area contributed by atoms with Gasteiger partial charge in [0.25, 0.3) is 11.9 Å². The third-order valence-corrected chi connectivity index (χ3v) is 5.79. The van der Waals surface area contributed by atoms with E-state index in [1.165, 1.54) is 6.20 Å². The zero-order chi connectivity index (χ0) is 21.6. The van der Waals surface area contributed by atoms with Crippen LogP contribution in [0.15, 0.2) is 58.3 Å². The predicted molar refractivity (Wildman–Crippen MR) is 119 cm³/mol. The van der Waals surface area contributed by atoms with E-state index in [9.17, 15) is 4.79 Å². The lowest BCUT2D eigenvalue weighted by Gasteiger charge is -2.38. The van der Waals surface area contributed by atoms with E-state index < -0.39 is 5.54 Å². The van der Waals surface area contributed by atoms with E-state index in [4.69, 9.17) is 26.8 Å². The number of aliphatic imine (C=N–C) groups is 1. The van der Waals surface area contributed by atoms with Gasteiger partial charge in [-0.05, 0) is 52.3 Å². The average molecular weight is 501 g/mol. The first-order chi connectivity index (χ1) is 14.9. The Morgan fingerprint density at radius 1 is 1.16 bits per heavy atom. The number of ether oxygens (including phenoxy) is 2. The standard InChI is InChI=1S/C21H15BrClN5O3/c22-11-7-15-19(26-9-11)31-17-4-2-13(27-18(29)16-3-1-12(23)10-25-16)8-14(17)21(15)5-6-30-20(24)28-21/h1-4,7-10H,5-6H2,(H2,24,28)(H,27,29)/t21-/m0/s1. The topological polar surface area (TPSA) is 112 Å². The molecule has 2 aromatic heterocycles. The molecule has 1 spiro atoms. The smallest absolute Gasteiger partial charge is 0.283 e. The van der Waals surface area contributed by atoms with Crippen molar-refractivity contribution in [2.75, 3.05) is 11.9 Å². The first-order valence-electron chi connectivity index (χ1n) is 9.34. The van der Waals surface area contributed by atoms with Gasteiger partial charge in [-0.3, -0.25) is 4.79 Å². The Morgan fingerprint density at radius 3 is 2.81 bits per heavy atom. The summed E-state index contributed by atoms with van der Waals surface area (Å²) in [5, 5.41) is 3.32. The molecular weight excluding hydrogens is 486 g/mol. The molecule has 4 heterocycles. The van der Waals surface area contributed by atoms with Crippen molar-refractivity contribution in [3.63, 3.8) is 0 Å². The zero-order valence-electron chi connectivity index (χ0n) is 15.9. The summed E-state index contributed by atoms with van der Waals surface area (Å²) < 4.78 is 12.2. The fourth-order valence-corrected chi connectivity index (χ4v) is 4.19. The number of nitrogens with one attached hydrogen (secondary N) is 1. The van der Waals surface area contributed by atoms with Crippen LogP contribution in [0.3, 0.4) is 0 Å². The molecule has 0 radical (unpaired) electrons. The van der Waals surface area contributed by atoms with Crippen molar-refractivity contribution in [3.8, 4) is 11.6 Å². The van der Waals surface area contributed by atoms with E-state index in [0.29, 0.717) is 35.4 Å². The molecule has 1 atom stereocenters. The van der Waals surface area contributed by atoms with Crippen LogP contribution in [0.1, 0.15) is 28.0 Å². The van der Waals surface area contributed by atoms with Crippen LogP contribution in [0, 0.1) is 0 Å². The number of halogens is 2. The van der Waals surface area contributed by atoms with Gasteiger partial charge in [-0.1, -0.05) is 11.6 Å². The molecule has 2 aliphatic rings. The maximum Gasteiger partial charge on any atom is 0.283 e. The highest BCUT2D eigenvalue weighted by Crippen LogP contribution is 2.52. The number of carbonyl (C=O) groups is 1. The summed E-state index contributed by atoms with van der Waals surface area (Å²) in [6.45, 7) is 0.381. The summed E-state index contributed by atoms with van der Waals surface area (Å²) >= 11 is 9.32. The fraction of sp³-hybridized carbons (Fsp3) is 0.143. The molecule has 1 amide bonds. The Kier molecular flexibility index (Phi) is 4.79. The van der Waals surface area contributed by atoms with Crippen molar-refractivity contribution in [2.45, 2.75) is 12.0 Å². The van der Waals surface area contributed by atoms with Crippen LogP contribution in [0.2, 0.25) is 5.02 Å². The molecule has 5 rings (SSSR count). The third kappa shape index (κ3) is 3.49. The van der Waals surface area contributed by atoms with Gasteiger partial charge < -0.3 is 20.5 Å². The van der Waals surface area contributed by atoms with Crippen LogP contribution >= 0.6 is 27.5 Å². The molecular formula is C21H15BrClN5O3. The first-order valence-corrected chi connectivity index (χ1v) is 10.5. The minimum atomic E-state index is -0.846. The summed E-state index contributed by atoms with van der Waals surface area (Å²) in [7, 11) is 0. The van der Waals surface area contributed by atoms with Crippen LogP contribution in [-0.2, 0) is 10.3 Å². The number of hydrogen-bond acceptors (Lipinski definition) is 7. The van der Waals surface area contributed by atoms with Crippen LogP contribution in [0.4, 0.5) is 5.69 Å². The van der Waals surface area contributed by atoms with E-state index in [-0.39, 0.29) is 17.6 Å². The molecule has 2 aliphatic heterocycles. The molecule has 0 aliphatic carbocycles. The monoisotopic (exact) mass is 499 g/mol. The molecule has 1 aromatic carbocycles. The molecule has 0 saturated carbocycles. The van der Waals surface area contributed by atoms with Crippen molar-refractivity contribution in [3.05, 3.63) is 75.1 Å². The SMILES string of the molecule is NC1=N[C@@]2(CCO1)c1cc(NC(=O)c3ccc(Cl)cn3)ccc1Oc1ncc(Br)cc12. The normalized spacial score (nSPS) is 18.8. The van der Waals surface area contributed by atoms with Gasteiger partial charge in [0.05, 0.1) is 11.6 Å². The Balaban J connectivity index is 1.58. The van der Waals surface area contributed by atoms with Crippen molar-refractivity contribution in [1.82, 2.24) is 9.97 Å². The number of anilines is 1. The van der Waals surface area contributed by atoms with Crippen molar-refractivity contribution < 1.29 is 14.3 Å². The Bertz CT molecular complexity index is 1230. The van der Waals surface area contributed by atoms with Gasteiger partial charge in [0.15, 0.2) is 0 Å². The van der Waals surface area contributed by atoms with Gasteiger partial charge in [-0.2, -0.15) is 0 Å². The van der Waals surface area contributed by atoms with E-state index in [2.05, 4.69) is 36.2 Å². The van der Waals surface area contributed by atoms with Crippen LogP contribution in [-0.4, -0.2) is 28.5 Å². The highest BCUT2D eigenvalue weighted by Gasteiger charge is 2.45. The van der Waals surface area contributed by atoms with Gasteiger partial charge in [-0.25, -0.2) is 15.0 Å². The number of carbonyl (C=O) groups excluding carboxylic acids is 1. The number of nitrogens with zero attached hydrogens (tertiary/aromatic N) is 3. The van der Waals surface area contributed by atoms with Crippen LogP contribution < -0.4 is 15.8 Å². The van der Waals surface area contributed by atoms with Crippen LogP contribution in [0.5, 0.6) is 11.6 Å². The second kappa shape index (κ2) is 7.51. The number of aromatic nitrogens is 2. The Hall–Kier alpha value is -3.17. The highest BCUT2D eigenvalue weighted by molar-refractivity contribution is 9.10. The minimum absolute atomic E-state index is 0.0878. The Labute approximate surface area is 190 Å². The zero-order valence-corrected chi connectivity index (χ0v) is 18.3. The highest BCUT2D eigenvalue weighted by atomic mass is 79.9. The second-order valence-corrected chi connectivity index (χ2v) is 8.40. The largest absolute Gasteiger partial charge is 0.465 e. The van der Waals surface area contributed by atoms with E-state index in [1.807, 2.05) is 12.1 Å². The molecule has 0 unspecified atom stereocenters. The van der Waals surface area contributed by atoms with Gasteiger partial charge in [-0.15, -0.1) is 0 Å². The lowest BCUT2D eigenvalue weighted by atomic mass is 9.78. The molecule has 156 valence electrons. The number of pyridine rings is 2. The lowest BCUT2D eigenvalue weighted by molar-refractivity contribution is 0.102. The van der Waals surface area contributed by atoms with Crippen LogP contribution in [0.25, 0.3) is 0 Å². The summed E-state index contributed by atoms with van der Waals surface area (Å²) in [5.74, 6) is 0.682. The van der Waals surface area contributed by atoms with Gasteiger partial charge in [0, 0.05) is 40.1 Å². The molecule has 3 aromatic rings. The van der Waals surface area contributed by atoms with E-state index >= 15 is 0 Å². The van der Waals surface area contributed by atoms with Crippen molar-refractivity contribution in [2.24, 2.45) is 10.7 Å². The van der Waals surface area contributed by atoms with Gasteiger partial charge in [0.2, 0.25) is 5.88 Å². The predicted octanol–water partition coefficient (Wildman–Crippen LogP) is 4.23. The number of amidine groups is 1. The van der Waals surface area contributed by atoms with Crippen molar-refractivity contribution in [1.29, 1.82) is 0 Å². The molecule has 0 fully saturated rings. The molecule has 0 bridgehead atoms. The average Bonchev–Trinajstić information content (AvgIpc) is 2.75. The summed E-state index contributed by atoms with van der Waals surface area (Å²) in [6.07, 6.45) is 3.62. The maximum atomic E-state index is 12.6. The quantitative estimate of drug-likeness (QED) is 0.545. The summed E-state index contributed by atoms with van der Waals surface area (Å²) in [4.78, 5) is 25.8. The number of fused-ring (bicyclic) bond motifs is 4. The Morgan fingerprint density at radius 2 is 2.03 bits per heavy atom. The second-order valence-electron chi connectivity index (χ2n) is 7.04. The number of rotatable bonds is 2. The van der Waals surface area contributed by atoms with Gasteiger partial charge in [0.1, 0.15) is 17.0 Å². The molecule has 3 N–H and O–H groups in total. The van der Waals surface area contributed by atoms with Gasteiger partial charge >= 0.3 is 0 Å².